The highest BCUT2D eigenvalue weighted by atomic mass is 15.3. The van der Waals surface area contributed by atoms with Crippen molar-refractivity contribution in [1.82, 2.24) is 30.0 Å². The average Bonchev–Trinajstić information content (AvgIpc) is 3.41. The Labute approximate surface area is 210 Å². The number of H-pyrrole nitrogens is 1. The molecule has 9 heteroatoms. The monoisotopic (exact) mass is 479 g/mol. The van der Waals surface area contributed by atoms with E-state index in [4.69, 9.17) is 15.2 Å². The van der Waals surface area contributed by atoms with Gasteiger partial charge in [0.1, 0.15) is 5.82 Å². The predicted molar refractivity (Wildman–Crippen MR) is 140 cm³/mol. The third-order valence-corrected chi connectivity index (χ3v) is 7.34. The third kappa shape index (κ3) is 4.48. The summed E-state index contributed by atoms with van der Waals surface area (Å²) < 4.78 is 0. The molecule has 4 aromatic rings. The van der Waals surface area contributed by atoms with Gasteiger partial charge in [0.15, 0.2) is 5.82 Å². The summed E-state index contributed by atoms with van der Waals surface area (Å²) in [5.74, 6) is 2.07. The molecular formula is C27H29N9. The van der Waals surface area contributed by atoms with E-state index in [0.29, 0.717) is 30.5 Å². The second-order valence-corrected chi connectivity index (χ2v) is 9.77. The fraction of sp³-hybridized carbons (Fsp3) is 0.370. The molecule has 0 saturated carbocycles. The molecule has 2 atom stereocenters. The van der Waals surface area contributed by atoms with Gasteiger partial charge in [-0.05, 0) is 56.4 Å². The van der Waals surface area contributed by atoms with E-state index in [1.807, 2.05) is 25.3 Å². The highest BCUT2D eigenvalue weighted by Crippen LogP contribution is 2.37. The van der Waals surface area contributed by atoms with Crippen LogP contribution in [-0.4, -0.2) is 54.7 Å². The summed E-state index contributed by atoms with van der Waals surface area (Å²) in [6, 6.07) is 15.8. The van der Waals surface area contributed by atoms with Crippen LogP contribution in [0.3, 0.4) is 0 Å². The van der Waals surface area contributed by atoms with Crippen molar-refractivity contribution in [3.8, 4) is 17.2 Å². The molecule has 2 aliphatic rings. The average molecular weight is 480 g/mol. The van der Waals surface area contributed by atoms with E-state index < -0.39 is 0 Å². The largest absolute Gasteiger partial charge is 0.351 e. The number of aryl methyl sites for hydroxylation is 1. The Bertz CT molecular complexity index is 1390. The maximum atomic E-state index is 9.03. The Kier molecular flexibility index (Phi) is 5.95. The molecule has 0 aliphatic carbocycles. The molecule has 2 aliphatic heterocycles. The van der Waals surface area contributed by atoms with E-state index in [1.165, 1.54) is 12.8 Å². The maximum Gasteiger partial charge on any atom is 0.225 e. The molecule has 36 heavy (non-hydrogen) atoms. The number of nitrogens with one attached hydrogen (secondary N) is 3. The highest BCUT2D eigenvalue weighted by Gasteiger charge is 2.40. The molecule has 2 unspecified atom stereocenters. The van der Waals surface area contributed by atoms with Crippen LogP contribution < -0.4 is 10.6 Å². The maximum absolute atomic E-state index is 9.03. The van der Waals surface area contributed by atoms with Crippen LogP contribution in [0.25, 0.3) is 22.0 Å². The lowest BCUT2D eigenvalue weighted by atomic mass is 9.97. The molecule has 0 amide bonds. The zero-order valence-electron chi connectivity index (χ0n) is 20.3. The SMILES string of the molecule is Cc1cc(Nc2nc(NC3CC4CCC(C3)N4CCC#N)nc3cc(-c4cccnc4)ccc23)n[nH]1. The number of piperidine rings is 1. The van der Waals surface area contributed by atoms with Gasteiger partial charge in [-0.25, -0.2) is 4.98 Å². The molecule has 2 fully saturated rings. The Balaban J connectivity index is 1.31. The molecule has 3 aromatic heterocycles. The van der Waals surface area contributed by atoms with Crippen molar-refractivity contribution in [3.63, 3.8) is 0 Å². The predicted octanol–water partition coefficient (Wildman–Crippen LogP) is 4.79. The molecule has 5 heterocycles. The Morgan fingerprint density at radius 3 is 2.69 bits per heavy atom. The molecule has 182 valence electrons. The number of aromatic nitrogens is 5. The molecule has 3 N–H and O–H groups in total. The first-order chi connectivity index (χ1) is 17.7. The van der Waals surface area contributed by atoms with Crippen molar-refractivity contribution in [2.24, 2.45) is 0 Å². The molecular weight excluding hydrogens is 450 g/mol. The Hall–Kier alpha value is -4.03. The standard InChI is InChI=1S/C27H29N9/c1-17-12-25(35-34-17)32-26-23-8-5-18(19-4-2-10-29-16-19)13-24(23)31-27(33-26)30-20-14-21-6-7-22(15-20)36(21)11-3-9-28/h2,4-5,8,10,12-13,16,20-22H,3,6-7,11,14-15H2,1H3,(H3,30,31,32,33,34,35). The summed E-state index contributed by atoms with van der Waals surface area (Å²) in [5.41, 5.74) is 3.95. The summed E-state index contributed by atoms with van der Waals surface area (Å²) in [7, 11) is 0. The number of nitriles is 1. The fourth-order valence-electron chi connectivity index (χ4n) is 5.72. The van der Waals surface area contributed by atoms with E-state index in [-0.39, 0.29) is 0 Å². The number of pyridine rings is 1. The number of fused-ring (bicyclic) bond motifs is 3. The number of benzene rings is 1. The Morgan fingerprint density at radius 1 is 1.11 bits per heavy atom. The highest BCUT2D eigenvalue weighted by molar-refractivity contribution is 5.94. The zero-order valence-corrected chi connectivity index (χ0v) is 20.3. The van der Waals surface area contributed by atoms with Crippen molar-refractivity contribution in [2.45, 2.75) is 57.2 Å². The molecule has 2 bridgehead atoms. The number of nitrogens with zero attached hydrogens (tertiary/aromatic N) is 6. The van der Waals surface area contributed by atoms with Crippen LogP contribution >= 0.6 is 0 Å². The van der Waals surface area contributed by atoms with Crippen LogP contribution in [0.5, 0.6) is 0 Å². The van der Waals surface area contributed by atoms with Gasteiger partial charge in [-0.3, -0.25) is 15.0 Å². The van der Waals surface area contributed by atoms with Crippen LogP contribution in [0, 0.1) is 18.3 Å². The van der Waals surface area contributed by atoms with E-state index >= 15 is 0 Å². The molecule has 1 aromatic carbocycles. The van der Waals surface area contributed by atoms with Gasteiger partial charge in [-0.1, -0.05) is 12.1 Å². The fourth-order valence-corrected chi connectivity index (χ4v) is 5.72. The number of aromatic amines is 1. The first-order valence-electron chi connectivity index (χ1n) is 12.6. The van der Waals surface area contributed by atoms with Gasteiger partial charge >= 0.3 is 0 Å². The minimum atomic E-state index is 0.306. The minimum absolute atomic E-state index is 0.306. The summed E-state index contributed by atoms with van der Waals surface area (Å²) in [4.78, 5) is 16.6. The van der Waals surface area contributed by atoms with Gasteiger partial charge in [0.25, 0.3) is 0 Å². The zero-order chi connectivity index (χ0) is 24.5. The smallest absolute Gasteiger partial charge is 0.225 e. The van der Waals surface area contributed by atoms with E-state index in [2.05, 4.69) is 61.0 Å². The summed E-state index contributed by atoms with van der Waals surface area (Å²) >= 11 is 0. The third-order valence-electron chi connectivity index (χ3n) is 7.34. The van der Waals surface area contributed by atoms with E-state index in [1.54, 1.807) is 6.20 Å². The number of anilines is 3. The molecule has 0 radical (unpaired) electrons. The van der Waals surface area contributed by atoms with E-state index in [9.17, 15) is 0 Å². The van der Waals surface area contributed by atoms with Crippen molar-refractivity contribution in [2.75, 3.05) is 17.2 Å². The van der Waals surface area contributed by atoms with Crippen LogP contribution in [0.2, 0.25) is 0 Å². The second kappa shape index (κ2) is 9.55. The minimum Gasteiger partial charge on any atom is -0.351 e. The number of hydrogen-bond acceptors (Lipinski definition) is 8. The number of rotatable bonds is 7. The summed E-state index contributed by atoms with van der Waals surface area (Å²) in [6.45, 7) is 2.85. The quantitative estimate of drug-likeness (QED) is 0.346. The molecule has 0 spiro atoms. The van der Waals surface area contributed by atoms with Crippen molar-refractivity contribution < 1.29 is 0 Å². The van der Waals surface area contributed by atoms with Gasteiger partial charge in [0.05, 0.1) is 11.6 Å². The van der Waals surface area contributed by atoms with Gasteiger partial charge in [-0.2, -0.15) is 15.3 Å². The number of hydrogen-bond donors (Lipinski definition) is 3. The van der Waals surface area contributed by atoms with Gasteiger partial charge < -0.3 is 10.6 Å². The van der Waals surface area contributed by atoms with E-state index in [0.717, 1.165) is 58.7 Å². The van der Waals surface area contributed by atoms with Crippen LogP contribution in [0.4, 0.5) is 17.6 Å². The first kappa shape index (κ1) is 22.4. The van der Waals surface area contributed by atoms with Crippen molar-refractivity contribution in [1.29, 1.82) is 5.26 Å². The first-order valence-corrected chi connectivity index (χ1v) is 12.6. The Morgan fingerprint density at radius 2 is 1.97 bits per heavy atom. The topological polar surface area (TPSA) is 118 Å². The van der Waals surface area contributed by atoms with Crippen molar-refractivity contribution in [3.05, 3.63) is 54.5 Å². The molecule has 9 nitrogen and oxygen atoms in total. The van der Waals surface area contributed by atoms with Gasteiger partial charge in [0.2, 0.25) is 5.95 Å². The lowest BCUT2D eigenvalue weighted by Gasteiger charge is -2.38. The van der Waals surface area contributed by atoms with Gasteiger partial charge in [0, 0.05) is 66.2 Å². The van der Waals surface area contributed by atoms with Crippen LogP contribution in [-0.2, 0) is 0 Å². The van der Waals surface area contributed by atoms with Crippen LogP contribution in [0.15, 0.2) is 48.8 Å². The normalized spacial score (nSPS) is 21.4. The van der Waals surface area contributed by atoms with Crippen LogP contribution in [0.1, 0.15) is 37.8 Å². The van der Waals surface area contributed by atoms with Gasteiger partial charge in [-0.15, -0.1) is 0 Å². The summed E-state index contributed by atoms with van der Waals surface area (Å²) in [6.07, 6.45) is 8.73. The second-order valence-electron chi connectivity index (χ2n) is 9.77. The molecule has 2 saturated heterocycles. The summed E-state index contributed by atoms with van der Waals surface area (Å²) in [5, 5.41) is 24.3. The molecule has 6 rings (SSSR count). The van der Waals surface area contributed by atoms with Crippen molar-refractivity contribution >= 4 is 28.5 Å². The lowest BCUT2D eigenvalue weighted by Crippen LogP contribution is -2.47. The lowest BCUT2D eigenvalue weighted by molar-refractivity contribution is 0.135.